The number of para-hydroxylation sites is 1. The van der Waals surface area contributed by atoms with Gasteiger partial charge in [0.1, 0.15) is 11.6 Å². The lowest BCUT2D eigenvalue weighted by molar-refractivity contribution is 0.317. The maximum absolute atomic E-state index is 13.5. The number of aryl methyl sites for hydroxylation is 2. The van der Waals surface area contributed by atoms with E-state index in [4.69, 9.17) is 9.51 Å². The summed E-state index contributed by atoms with van der Waals surface area (Å²) in [6.45, 7) is 1.78. The number of H-pyrrole nitrogens is 2. The van der Waals surface area contributed by atoms with Gasteiger partial charge < -0.3 is 14.5 Å². The first kappa shape index (κ1) is 21.7. The van der Waals surface area contributed by atoms with Gasteiger partial charge in [-0.15, -0.1) is 0 Å². The monoisotopic (exact) mass is 494 g/mol. The third-order valence-electron chi connectivity index (χ3n) is 7.07. The van der Waals surface area contributed by atoms with Crippen LogP contribution in [0.5, 0.6) is 0 Å². The van der Waals surface area contributed by atoms with Crippen molar-refractivity contribution in [3.63, 3.8) is 0 Å². The van der Waals surface area contributed by atoms with Gasteiger partial charge in [0.05, 0.1) is 29.8 Å². The van der Waals surface area contributed by atoms with Crippen molar-refractivity contribution < 1.29 is 8.91 Å². The van der Waals surface area contributed by atoms with E-state index in [2.05, 4.69) is 42.7 Å². The van der Waals surface area contributed by atoms with Gasteiger partial charge in [-0.1, -0.05) is 23.4 Å². The third-order valence-corrected chi connectivity index (χ3v) is 7.07. The molecule has 9 nitrogen and oxygen atoms in total. The van der Waals surface area contributed by atoms with E-state index in [1.807, 2.05) is 31.6 Å². The minimum atomic E-state index is -0.966. The average Bonchev–Trinajstić information content (AvgIpc) is 3.70. The van der Waals surface area contributed by atoms with Gasteiger partial charge in [0.2, 0.25) is 11.7 Å². The summed E-state index contributed by atoms with van der Waals surface area (Å²) in [5.41, 5.74) is 4.69. The van der Waals surface area contributed by atoms with Crippen molar-refractivity contribution in [3.8, 4) is 11.3 Å². The molecule has 1 aliphatic rings. The maximum atomic E-state index is 13.5. The lowest BCUT2D eigenvalue weighted by Crippen LogP contribution is -2.51. The quantitative estimate of drug-likeness (QED) is 0.337. The van der Waals surface area contributed by atoms with Crippen molar-refractivity contribution >= 4 is 10.9 Å². The second kappa shape index (κ2) is 7.97. The fourth-order valence-electron chi connectivity index (χ4n) is 5.38. The molecule has 0 radical (unpaired) electrons. The molecule has 2 aromatic carbocycles. The number of halogens is 1. The van der Waals surface area contributed by atoms with Gasteiger partial charge in [0, 0.05) is 36.6 Å². The van der Waals surface area contributed by atoms with Crippen molar-refractivity contribution in [2.24, 2.45) is 7.05 Å². The van der Waals surface area contributed by atoms with E-state index in [1.54, 1.807) is 29.9 Å². The first-order valence-corrected chi connectivity index (χ1v) is 12.0. The number of fused-ring (bicyclic) bond motifs is 3. The first-order chi connectivity index (χ1) is 18.0. The predicted octanol–water partition coefficient (Wildman–Crippen LogP) is 4.30. The zero-order valence-electron chi connectivity index (χ0n) is 20.2. The van der Waals surface area contributed by atoms with Crippen LogP contribution in [0.2, 0.25) is 0 Å². The summed E-state index contributed by atoms with van der Waals surface area (Å²) in [4.78, 5) is 16.5. The fraction of sp³-hybridized carbons (Fsp3) is 0.185. The summed E-state index contributed by atoms with van der Waals surface area (Å²) < 4.78 is 20.7. The highest BCUT2D eigenvalue weighted by Crippen LogP contribution is 2.45. The molecule has 0 saturated heterocycles. The van der Waals surface area contributed by atoms with Crippen LogP contribution in [0.3, 0.4) is 0 Å². The maximum Gasteiger partial charge on any atom is 0.223 e. The van der Waals surface area contributed by atoms with E-state index in [0.717, 1.165) is 44.8 Å². The van der Waals surface area contributed by atoms with Crippen molar-refractivity contribution in [3.05, 3.63) is 107 Å². The van der Waals surface area contributed by atoms with Crippen LogP contribution in [-0.2, 0) is 19.0 Å². The highest BCUT2D eigenvalue weighted by molar-refractivity contribution is 5.86. The van der Waals surface area contributed by atoms with Crippen LogP contribution < -0.4 is 5.32 Å². The van der Waals surface area contributed by atoms with Crippen LogP contribution in [0.1, 0.15) is 40.4 Å². The molecule has 10 heteroatoms. The van der Waals surface area contributed by atoms with Crippen molar-refractivity contribution in [2.45, 2.75) is 24.9 Å². The van der Waals surface area contributed by atoms with Gasteiger partial charge in [-0.05, 0) is 47.9 Å². The molecule has 0 spiro atoms. The molecule has 1 aliphatic heterocycles. The van der Waals surface area contributed by atoms with Crippen LogP contribution in [-0.4, -0.2) is 34.9 Å². The van der Waals surface area contributed by atoms with Gasteiger partial charge in [0.15, 0.2) is 5.54 Å². The Morgan fingerprint density at radius 2 is 1.92 bits per heavy atom. The number of rotatable bonds is 4. The number of aromatic nitrogens is 7. The SMILES string of the molecule is Cc1nc(C2(c3cnn(C)c3)NC(c3ncc(-c4ccc(F)cc4)[nH]3)Cc3c2[nH]c2ccccc32)no1. The van der Waals surface area contributed by atoms with Gasteiger partial charge in [0.25, 0.3) is 0 Å². The van der Waals surface area contributed by atoms with E-state index in [9.17, 15) is 4.39 Å². The van der Waals surface area contributed by atoms with Crippen molar-refractivity contribution in [2.75, 3.05) is 0 Å². The summed E-state index contributed by atoms with van der Waals surface area (Å²) in [6, 6.07) is 14.4. The molecule has 2 unspecified atom stereocenters. The Balaban J connectivity index is 1.44. The molecule has 37 heavy (non-hydrogen) atoms. The van der Waals surface area contributed by atoms with Crippen LogP contribution in [0, 0.1) is 12.7 Å². The van der Waals surface area contributed by atoms with Crippen LogP contribution in [0.15, 0.2) is 71.6 Å². The fourth-order valence-corrected chi connectivity index (χ4v) is 5.38. The third kappa shape index (κ3) is 3.33. The Kier molecular flexibility index (Phi) is 4.67. The predicted molar refractivity (Wildman–Crippen MR) is 134 cm³/mol. The second-order valence-electron chi connectivity index (χ2n) is 9.40. The molecule has 4 aromatic heterocycles. The van der Waals surface area contributed by atoms with Crippen molar-refractivity contribution in [1.82, 2.24) is 40.2 Å². The summed E-state index contributed by atoms with van der Waals surface area (Å²) in [5.74, 6) is 1.43. The number of nitrogens with zero attached hydrogens (tertiary/aromatic N) is 5. The minimum absolute atomic E-state index is 0.222. The topological polar surface area (TPSA) is 113 Å². The smallest absolute Gasteiger partial charge is 0.223 e. The molecule has 0 saturated carbocycles. The number of imidazole rings is 1. The second-order valence-corrected chi connectivity index (χ2v) is 9.40. The van der Waals surface area contributed by atoms with Gasteiger partial charge in [-0.3, -0.25) is 10.00 Å². The molecule has 6 aromatic rings. The lowest BCUT2D eigenvalue weighted by atomic mass is 9.79. The number of hydrogen-bond donors (Lipinski definition) is 3. The molecule has 5 heterocycles. The first-order valence-electron chi connectivity index (χ1n) is 12.0. The van der Waals surface area contributed by atoms with E-state index < -0.39 is 5.54 Å². The number of benzene rings is 2. The number of hydrogen-bond acceptors (Lipinski definition) is 6. The molecule has 0 amide bonds. The largest absolute Gasteiger partial charge is 0.356 e. The Morgan fingerprint density at radius 3 is 2.68 bits per heavy atom. The number of aromatic amines is 2. The van der Waals surface area contributed by atoms with Gasteiger partial charge in [-0.25, -0.2) is 9.37 Å². The normalized spacial score (nSPS) is 19.4. The zero-order chi connectivity index (χ0) is 25.1. The zero-order valence-corrected chi connectivity index (χ0v) is 20.2. The molecule has 184 valence electrons. The molecule has 7 rings (SSSR count). The van der Waals surface area contributed by atoms with Crippen LogP contribution in [0.25, 0.3) is 22.2 Å². The van der Waals surface area contributed by atoms with Gasteiger partial charge in [-0.2, -0.15) is 10.1 Å². The summed E-state index contributed by atoms with van der Waals surface area (Å²) in [6.07, 6.45) is 6.23. The Bertz CT molecular complexity index is 1700. The average molecular weight is 495 g/mol. The standard InChI is InChI=1S/C27H23FN8O/c1-15-31-26(35-37-15)27(17-12-30-36(2)14-17)24-20(19-5-3-4-6-21(19)32-24)11-22(34-27)25-29-13-23(33-25)16-7-9-18(28)10-8-16/h3-10,12-14,22,32,34H,11H2,1-2H3,(H,29,33). The van der Waals surface area contributed by atoms with Crippen LogP contribution >= 0.6 is 0 Å². The minimum Gasteiger partial charge on any atom is -0.356 e. The highest BCUT2D eigenvalue weighted by Gasteiger charge is 2.50. The molecule has 0 aliphatic carbocycles. The van der Waals surface area contributed by atoms with Gasteiger partial charge >= 0.3 is 0 Å². The highest BCUT2D eigenvalue weighted by atomic mass is 19.1. The molecular weight excluding hydrogens is 471 g/mol. The molecule has 0 fully saturated rings. The molecular formula is C27H23FN8O. The van der Waals surface area contributed by atoms with E-state index >= 15 is 0 Å². The summed E-state index contributed by atoms with van der Waals surface area (Å²) >= 11 is 0. The van der Waals surface area contributed by atoms with E-state index in [-0.39, 0.29) is 11.9 Å². The Labute approximate surface area is 210 Å². The molecule has 2 atom stereocenters. The Hall–Kier alpha value is -4.57. The summed E-state index contributed by atoms with van der Waals surface area (Å²) in [5, 5.41) is 13.8. The molecule has 3 N–H and O–H groups in total. The van der Waals surface area contributed by atoms with E-state index in [1.165, 1.54) is 12.1 Å². The molecule has 0 bridgehead atoms. The van der Waals surface area contributed by atoms with E-state index in [0.29, 0.717) is 18.1 Å². The Morgan fingerprint density at radius 1 is 1.08 bits per heavy atom. The van der Waals surface area contributed by atoms with Crippen LogP contribution in [0.4, 0.5) is 4.39 Å². The number of nitrogens with one attached hydrogen (secondary N) is 3. The van der Waals surface area contributed by atoms with Crippen molar-refractivity contribution in [1.29, 1.82) is 0 Å². The summed E-state index contributed by atoms with van der Waals surface area (Å²) in [7, 11) is 1.88. The lowest BCUT2D eigenvalue weighted by Gasteiger charge is -2.39.